The van der Waals surface area contributed by atoms with Crippen LogP contribution in [0, 0.1) is 0 Å². The second-order valence-corrected chi connectivity index (χ2v) is 5.22. The van der Waals surface area contributed by atoms with Gasteiger partial charge in [-0.25, -0.2) is 0 Å². The van der Waals surface area contributed by atoms with Gasteiger partial charge in [0.2, 0.25) is 0 Å². The summed E-state index contributed by atoms with van der Waals surface area (Å²) in [5.41, 5.74) is 0. The van der Waals surface area contributed by atoms with Gasteiger partial charge in [0.25, 0.3) is 0 Å². The number of hydrogen-bond acceptors (Lipinski definition) is 2. The number of esters is 1. The summed E-state index contributed by atoms with van der Waals surface area (Å²) < 4.78 is 5.15. The number of rotatable bonds is 13. The van der Waals surface area contributed by atoms with Crippen molar-refractivity contribution < 1.29 is 9.53 Å². The molecule has 0 aromatic carbocycles. The minimum absolute atomic E-state index is 0.0666. The maximum absolute atomic E-state index is 11.3. The third-order valence-corrected chi connectivity index (χ3v) is 3.29. The fourth-order valence-corrected chi connectivity index (χ4v) is 2.05. The number of hydrogen-bond donors (Lipinski definition) is 0. The molecule has 0 rings (SSSR count). The van der Waals surface area contributed by atoms with E-state index in [0.29, 0.717) is 18.9 Å². The van der Waals surface area contributed by atoms with Gasteiger partial charge in [0.1, 0.15) is 0 Å². The van der Waals surface area contributed by atoms with Gasteiger partial charge in [-0.15, -0.1) is 11.6 Å². The van der Waals surface area contributed by atoms with Crippen molar-refractivity contribution in [3.05, 3.63) is 0 Å². The van der Waals surface area contributed by atoms with E-state index in [-0.39, 0.29) is 5.97 Å². The fraction of sp³-hybridized carbons (Fsp3) is 0.933. The lowest BCUT2D eigenvalue weighted by Gasteiger charge is -2.04. The predicted octanol–water partition coefficient (Wildman–Crippen LogP) is 5.08. The SMILES string of the molecule is CCCCCCCCCCOC(=O)CCCCCl. The molecule has 0 atom stereocenters. The zero-order valence-corrected chi connectivity index (χ0v) is 12.6. The smallest absolute Gasteiger partial charge is 0.305 e. The quantitative estimate of drug-likeness (QED) is 0.266. The summed E-state index contributed by atoms with van der Waals surface area (Å²) in [7, 11) is 0. The van der Waals surface area contributed by atoms with Crippen molar-refractivity contribution in [2.75, 3.05) is 12.5 Å². The van der Waals surface area contributed by atoms with Crippen LogP contribution in [0.25, 0.3) is 0 Å². The first-order valence-electron chi connectivity index (χ1n) is 7.52. The van der Waals surface area contributed by atoms with Crippen LogP contribution in [0.2, 0.25) is 0 Å². The van der Waals surface area contributed by atoms with Crippen LogP contribution in [0.3, 0.4) is 0 Å². The fourth-order valence-electron chi connectivity index (χ4n) is 1.86. The Balaban J connectivity index is 3.08. The molecule has 0 aromatic rings. The lowest BCUT2D eigenvalue weighted by Crippen LogP contribution is -2.05. The Morgan fingerprint density at radius 2 is 1.50 bits per heavy atom. The molecule has 2 nitrogen and oxygen atoms in total. The first-order chi connectivity index (χ1) is 8.81. The van der Waals surface area contributed by atoms with E-state index in [0.717, 1.165) is 19.3 Å². The van der Waals surface area contributed by atoms with Crippen molar-refractivity contribution in [3.63, 3.8) is 0 Å². The molecule has 18 heavy (non-hydrogen) atoms. The lowest BCUT2D eigenvalue weighted by molar-refractivity contribution is -0.143. The van der Waals surface area contributed by atoms with Gasteiger partial charge >= 0.3 is 5.97 Å². The molecule has 0 saturated heterocycles. The maximum atomic E-state index is 11.3. The van der Waals surface area contributed by atoms with Crippen LogP contribution in [-0.4, -0.2) is 18.5 Å². The number of halogens is 1. The second kappa shape index (κ2) is 14.8. The number of ether oxygens (including phenoxy) is 1. The maximum Gasteiger partial charge on any atom is 0.305 e. The van der Waals surface area contributed by atoms with E-state index < -0.39 is 0 Å². The van der Waals surface area contributed by atoms with E-state index in [4.69, 9.17) is 16.3 Å². The van der Waals surface area contributed by atoms with Crippen molar-refractivity contribution in [1.29, 1.82) is 0 Å². The summed E-state index contributed by atoms with van der Waals surface area (Å²) >= 11 is 5.54. The van der Waals surface area contributed by atoms with Crippen LogP contribution in [0.4, 0.5) is 0 Å². The normalized spacial score (nSPS) is 10.6. The average Bonchev–Trinajstić information content (AvgIpc) is 2.37. The Labute approximate surface area is 117 Å². The highest BCUT2D eigenvalue weighted by Gasteiger charge is 2.01. The molecule has 0 aliphatic carbocycles. The Morgan fingerprint density at radius 3 is 2.11 bits per heavy atom. The molecular formula is C15H29ClO2. The van der Waals surface area contributed by atoms with Crippen LogP contribution < -0.4 is 0 Å². The lowest BCUT2D eigenvalue weighted by atomic mass is 10.1. The third-order valence-electron chi connectivity index (χ3n) is 3.03. The zero-order chi connectivity index (χ0) is 13.5. The summed E-state index contributed by atoms with van der Waals surface area (Å²) in [4.78, 5) is 11.3. The molecule has 108 valence electrons. The highest BCUT2D eigenvalue weighted by atomic mass is 35.5. The summed E-state index contributed by atoms with van der Waals surface area (Å²) in [6, 6.07) is 0. The second-order valence-electron chi connectivity index (χ2n) is 4.84. The summed E-state index contributed by atoms with van der Waals surface area (Å²) in [6.45, 7) is 2.83. The van der Waals surface area contributed by atoms with E-state index in [9.17, 15) is 4.79 Å². The zero-order valence-electron chi connectivity index (χ0n) is 11.9. The molecule has 0 aromatic heterocycles. The van der Waals surface area contributed by atoms with Crippen LogP contribution in [0.1, 0.15) is 77.6 Å². The van der Waals surface area contributed by atoms with Gasteiger partial charge < -0.3 is 4.74 Å². The molecule has 0 amide bonds. The summed E-state index contributed by atoms with van der Waals surface area (Å²) in [5, 5.41) is 0. The van der Waals surface area contributed by atoms with Crippen molar-refractivity contribution in [1.82, 2.24) is 0 Å². The predicted molar refractivity (Wildman–Crippen MR) is 78.1 cm³/mol. The van der Waals surface area contributed by atoms with Crippen molar-refractivity contribution in [2.24, 2.45) is 0 Å². The van der Waals surface area contributed by atoms with Crippen LogP contribution in [0.5, 0.6) is 0 Å². The molecule has 0 fully saturated rings. The Hall–Kier alpha value is -0.240. The highest BCUT2D eigenvalue weighted by Crippen LogP contribution is 2.08. The Kier molecular flexibility index (Phi) is 14.6. The van der Waals surface area contributed by atoms with Gasteiger partial charge in [-0.2, -0.15) is 0 Å². The summed E-state index contributed by atoms with van der Waals surface area (Å²) in [5.74, 6) is 0.564. The molecule has 0 N–H and O–H groups in total. The largest absolute Gasteiger partial charge is 0.466 e. The Morgan fingerprint density at radius 1 is 0.889 bits per heavy atom. The molecule has 0 spiro atoms. The highest BCUT2D eigenvalue weighted by molar-refractivity contribution is 6.17. The van der Waals surface area contributed by atoms with E-state index in [2.05, 4.69) is 6.92 Å². The van der Waals surface area contributed by atoms with Crippen LogP contribution in [0.15, 0.2) is 0 Å². The van der Waals surface area contributed by atoms with Gasteiger partial charge in [-0.3, -0.25) is 4.79 Å². The third kappa shape index (κ3) is 13.8. The van der Waals surface area contributed by atoms with Gasteiger partial charge in [-0.05, 0) is 19.3 Å². The number of carbonyl (C=O) groups is 1. The molecule has 3 heteroatoms. The Bertz CT molecular complexity index is 183. The van der Waals surface area contributed by atoms with Gasteiger partial charge in [0, 0.05) is 12.3 Å². The molecule has 0 aliphatic heterocycles. The van der Waals surface area contributed by atoms with Crippen LogP contribution in [-0.2, 0) is 9.53 Å². The number of alkyl halides is 1. The van der Waals surface area contributed by atoms with E-state index in [1.807, 2.05) is 0 Å². The van der Waals surface area contributed by atoms with Crippen LogP contribution >= 0.6 is 11.6 Å². The van der Waals surface area contributed by atoms with E-state index >= 15 is 0 Å². The van der Waals surface area contributed by atoms with Gasteiger partial charge in [0.15, 0.2) is 0 Å². The van der Waals surface area contributed by atoms with E-state index in [1.54, 1.807) is 0 Å². The van der Waals surface area contributed by atoms with Gasteiger partial charge in [-0.1, -0.05) is 51.9 Å². The minimum Gasteiger partial charge on any atom is -0.466 e. The van der Waals surface area contributed by atoms with Crippen molar-refractivity contribution >= 4 is 17.6 Å². The first-order valence-corrected chi connectivity index (χ1v) is 8.06. The standard InChI is InChI=1S/C15H29ClO2/c1-2-3-4-5-6-7-8-11-14-18-15(17)12-9-10-13-16/h2-14H2,1H3. The molecular weight excluding hydrogens is 248 g/mol. The molecule has 0 heterocycles. The van der Waals surface area contributed by atoms with Crippen molar-refractivity contribution in [3.8, 4) is 0 Å². The van der Waals surface area contributed by atoms with Crippen molar-refractivity contribution in [2.45, 2.75) is 77.6 Å². The number of unbranched alkanes of at least 4 members (excludes halogenated alkanes) is 8. The first kappa shape index (κ1) is 17.8. The molecule has 0 bridgehead atoms. The molecule has 0 radical (unpaired) electrons. The number of carbonyl (C=O) groups excluding carboxylic acids is 1. The monoisotopic (exact) mass is 276 g/mol. The minimum atomic E-state index is -0.0666. The van der Waals surface area contributed by atoms with E-state index in [1.165, 1.54) is 44.9 Å². The molecule has 0 aliphatic rings. The molecule has 0 unspecified atom stereocenters. The summed E-state index contributed by atoms with van der Waals surface area (Å²) in [6.07, 6.45) is 12.4. The molecule has 0 saturated carbocycles. The topological polar surface area (TPSA) is 26.3 Å². The average molecular weight is 277 g/mol. The van der Waals surface area contributed by atoms with Gasteiger partial charge in [0.05, 0.1) is 6.61 Å².